The van der Waals surface area contributed by atoms with Gasteiger partial charge in [0.1, 0.15) is 6.54 Å². The second-order valence-corrected chi connectivity index (χ2v) is 10.8. The number of fused-ring (bicyclic) bond motifs is 4. The summed E-state index contributed by atoms with van der Waals surface area (Å²) in [5.74, 6) is -0.738. The highest BCUT2D eigenvalue weighted by Gasteiger charge is 2.25. The number of hydrogen-bond donors (Lipinski definition) is 1. The molecular formula is C31H30N3O4S+. The molecule has 0 unspecified atom stereocenters. The predicted octanol–water partition coefficient (Wildman–Crippen LogP) is 7.24. The van der Waals surface area contributed by atoms with E-state index in [0.717, 1.165) is 67.8 Å². The molecule has 0 radical (unpaired) electrons. The van der Waals surface area contributed by atoms with Gasteiger partial charge in [-0.25, -0.2) is 0 Å². The third kappa shape index (κ3) is 5.52. The number of pyridine rings is 1. The van der Waals surface area contributed by atoms with E-state index in [1.165, 1.54) is 0 Å². The molecule has 0 fully saturated rings. The van der Waals surface area contributed by atoms with Crippen molar-refractivity contribution >= 4 is 56.9 Å². The molecule has 3 aromatic carbocycles. The van der Waals surface area contributed by atoms with Gasteiger partial charge in [0, 0.05) is 54.4 Å². The van der Waals surface area contributed by atoms with Crippen molar-refractivity contribution < 1.29 is 19.4 Å². The van der Waals surface area contributed by atoms with Gasteiger partial charge in [0.2, 0.25) is 5.52 Å². The lowest BCUT2D eigenvalue weighted by Gasteiger charge is -2.13. The van der Waals surface area contributed by atoms with Crippen LogP contribution in [-0.4, -0.2) is 23.0 Å². The van der Waals surface area contributed by atoms with E-state index in [2.05, 4.69) is 58.2 Å². The number of aliphatic carboxylic acids is 1. The molecule has 8 heteroatoms. The molecule has 1 aromatic heterocycles. The summed E-state index contributed by atoms with van der Waals surface area (Å²) in [6.45, 7) is 2.76. The molecule has 0 saturated carbocycles. The third-order valence-corrected chi connectivity index (χ3v) is 8.38. The Bertz CT molecular complexity index is 1660. The maximum Gasteiger partial charge on any atom is 0.303 e. The number of carbonyl (C=O) groups is 1. The lowest BCUT2D eigenvalue weighted by molar-refractivity contribution is -0.671. The van der Waals surface area contributed by atoms with E-state index >= 15 is 0 Å². The van der Waals surface area contributed by atoms with Crippen molar-refractivity contribution in [1.82, 2.24) is 0 Å². The molecule has 2 heterocycles. The maximum atomic E-state index is 11.5. The number of non-ortho nitro benzene ring substituents is 1. The van der Waals surface area contributed by atoms with Gasteiger partial charge in [0.05, 0.1) is 21.0 Å². The Morgan fingerprint density at radius 2 is 1.90 bits per heavy atom. The number of nitrogens with zero attached hydrogens (tertiary/aromatic N) is 3. The summed E-state index contributed by atoms with van der Waals surface area (Å²) in [5.41, 5.74) is 4.32. The molecule has 1 N–H and O–H groups in total. The van der Waals surface area contributed by atoms with Crippen molar-refractivity contribution in [3.63, 3.8) is 0 Å². The average molecular weight is 541 g/mol. The van der Waals surface area contributed by atoms with Crippen LogP contribution < -0.4 is 9.47 Å². The minimum Gasteiger partial charge on any atom is -0.481 e. The second kappa shape index (κ2) is 11.3. The van der Waals surface area contributed by atoms with Crippen molar-refractivity contribution in [3.8, 4) is 0 Å². The number of thioether (sulfide) groups is 1. The Labute approximate surface area is 231 Å². The van der Waals surface area contributed by atoms with Crippen molar-refractivity contribution in [3.05, 3.63) is 99.2 Å². The molecule has 0 bridgehead atoms. The van der Waals surface area contributed by atoms with E-state index in [0.29, 0.717) is 6.42 Å². The summed E-state index contributed by atoms with van der Waals surface area (Å²) in [7, 11) is 2.02. The van der Waals surface area contributed by atoms with Crippen molar-refractivity contribution in [2.45, 2.75) is 44.0 Å². The standard InChI is InChI=1S/C31H29N3O4S/c1-21-19-23(34(37)38)20-26-24(21)14-15-28-31(26)39-29(32(28)2)12-8-9-22-16-18-33(17-7-3-4-13-30(35)36)27-11-6-5-10-25(22)27/h5-6,8-12,14-16,18-20H,3-4,7,13,17H2,1-2H3/p+1. The van der Waals surface area contributed by atoms with Crippen LogP contribution in [0.5, 0.6) is 0 Å². The number of allylic oxidation sites excluding steroid dienone is 2. The first-order valence-electron chi connectivity index (χ1n) is 13.0. The molecule has 1 aliphatic rings. The highest BCUT2D eigenvalue weighted by Crippen LogP contribution is 2.49. The van der Waals surface area contributed by atoms with Gasteiger partial charge in [-0.15, -0.1) is 0 Å². The number of para-hydroxylation sites is 1. The number of hydrogen-bond acceptors (Lipinski definition) is 5. The topological polar surface area (TPSA) is 87.6 Å². The molecule has 7 nitrogen and oxygen atoms in total. The molecule has 39 heavy (non-hydrogen) atoms. The lowest BCUT2D eigenvalue weighted by Crippen LogP contribution is -2.34. The van der Waals surface area contributed by atoms with Crippen LogP contribution in [0.3, 0.4) is 0 Å². The first kappa shape index (κ1) is 26.4. The number of anilines is 1. The fourth-order valence-electron chi connectivity index (χ4n) is 5.10. The zero-order valence-corrected chi connectivity index (χ0v) is 22.8. The van der Waals surface area contributed by atoms with Gasteiger partial charge < -0.3 is 10.0 Å². The molecule has 0 saturated heterocycles. The summed E-state index contributed by atoms with van der Waals surface area (Å²) in [6.07, 6.45) is 11.1. The van der Waals surface area contributed by atoms with Gasteiger partial charge >= 0.3 is 5.97 Å². The highest BCUT2D eigenvalue weighted by molar-refractivity contribution is 8.04. The number of nitro groups is 1. The van der Waals surface area contributed by atoms with Crippen molar-refractivity contribution in [2.75, 3.05) is 11.9 Å². The van der Waals surface area contributed by atoms with Gasteiger partial charge in [0.15, 0.2) is 6.20 Å². The monoisotopic (exact) mass is 540 g/mol. The van der Waals surface area contributed by atoms with Gasteiger partial charge in [-0.05, 0) is 54.5 Å². The number of benzene rings is 3. The van der Waals surface area contributed by atoms with Crippen LogP contribution in [0.2, 0.25) is 0 Å². The average Bonchev–Trinajstić information content (AvgIpc) is 3.24. The maximum absolute atomic E-state index is 11.5. The fraction of sp³-hybridized carbons (Fsp3) is 0.226. The van der Waals surface area contributed by atoms with E-state index < -0.39 is 5.97 Å². The molecule has 1 aliphatic heterocycles. The molecule has 0 spiro atoms. The summed E-state index contributed by atoms with van der Waals surface area (Å²) in [5, 5.41) is 24.4. The second-order valence-electron chi connectivity index (χ2n) is 9.74. The third-order valence-electron chi connectivity index (χ3n) is 7.13. The predicted molar refractivity (Wildman–Crippen MR) is 157 cm³/mol. The Balaban J connectivity index is 1.38. The van der Waals surface area contributed by atoms with Gasteiger partial charge in [-0.2, -0.15) is 4.57 Å². The van der Waals surface area contributed by atoms with Gasteiger partial charge in [-0.1, -0.05) is 42.1 Å². The Hall–Kier alpha value is -4.17. The first-order valence-corrected chi connectivity index (χ1v) is 13.8. The molecule has 0 atom stereocenters. The number of carboxylic acids is 1. The number of aromatic nitrogens is 1. The van der Waals surface area contributed by atoms with E-state index in [1.807, 2.05) is 32.2 Å². The molecule has 0 aliphatic carbocycles. The summed E-state index contributed by atoms with van der Waals surface area (Å²) >= 11 is 1.63. The molecule has 4 aromatic rings. The number of carboxylic acid groups (broad SMARTS) is 1. The minimum absolute atomic E-state index is 0.113. The van der Waals surface area contributed by atoms with E-state index in [1.54, 1.807) is 23.9 Å². The van der Waals surface area contributed by atoms with E-state index in [4.69, 9.17) is 5.11 Å². The summed E-state index contributed by atoms with van der Waals surface area (Å²) in [6, 6.07) is 17.9. The zero-order valence-electron chi connectivity index (χ0n) is 22.0. The van der Waals surface area contributed by atoms with Crippen LogP contribution in [0, 0.1) is 17.0 Å². The van der Waals surface area contributed by atoms with Crippen LogP contribution in [0.25, 0.3) is 27.8 Å². The van der Waals surface area contributed by atoms with Crippen LogP contribution >= 0.6 is 11.8 Å². The first-order chi connectivity index (χ1) is 18.8. The highest BCUT2D eigenvalue weighted by atomic mass is 32.2. The lowest BCUT2D eigenvalue weighted by atomic mass is 10.0. The number of nitro benzene ring substituents is 1. The molecule has 0 amide bonds. The van der Waals surface area contributed by atoms with Crippen LogP contribution in [-0.2, 0) is 11.3 Å². The zero-order chi connectivity index (χ0) is 27.5. The van der Waals surface area contributed by atoms with Crippen molar-refractivity contribution in [1.29, 1.82) is 0 Å². The van der Waals surface area contributed by atoms with Gasteiger partial charge in [-0.3, -0.25) is 14.9 Å². The van der Waals surface area contributed by atoms with Crippen LogP contribution in [0.15, 0.2) is 82.9 Å². The number of rotatable bonds is 9. The van der Waals surface area contributed by atoms with E-state index in [9.17, 15) is 14.9 Å². The van der Waals surface area contributed by atoms with Crippen molar-refractivity contribution in [2.24, 2.45) is 0 Å². The quantitative estimate of drug-likeness (QED) is 0.104. The number of aryl methyl sites for hydroxylation is 2. The molecule has 5 rings (SSSR count). The fourth-order valence-corrected chi connectivity index (χ4v) is 6.28. The summed E-state index contributed by atoms with van der Waals surface area (Å²) < 4.78 is 2.23. The Morgan fingerprint density at radius 3 is 2.69 bits per heavy atom. The van der Waals surface area contributed by atoms with Gasteiger partial charge in [0.25, 0.3) is 5.69 Å². The van der Waals surface area contributed by atoms with Crippen LogP contribution in [0.4, 0.5) is 11.4 Å². The Kier molecular flexibility index (Phi) is 7.65. The smallest absolute Gasteiger partial charge is 0.303 e. The van der Waals surface area contributed by atoms with E-state index in [-0.39, 0.29) is 17.0 Å². The number of unbranched alkanes of at least 4 members (excludes halogenated alkanes) is 2. The molecule has 198 valence electrons. The largest absolute Gasteiger partial charge is 0.481 e. The molecular weight excluding hydrogens is 510 g/mol. The normalized spacial score (nSPS) is 14.1. The van der Waals surface area contributed by atoms with Crippen LogP contribution in [0.1, 0.15) is 36.8 Å². The summed E-state index contributed by atoms with van der Waals surface area (Å²) in [4.78, 5) is 25.0. The minimum atomic E-state index is -0.738. The Morgan fingerprint density at radius 1 is 1.08 bits per heavy atom. The SMILES string of the molecule is Cc1cc([N+](=O)[O-])cc2c3c(ccc12)N(C)/C(=C\C=C\c1cc[n+](CCCCCC(=O)O)c2ccccc12)S3.